The first-order valence-corrected chi connectivity index (χ1v) is 8.69. The third kappa shape index (κ3) is 7.54. The molecule has 0 bridgehead atoms. The molecule has 0 spiro atoms. The van der Waals surface area contributed by atoms with Crippen molar-refractivity contribution in [3.05, 3.63) is 48.5 Å². The van der Waals surface area contributed by atoms with Crippen molar-refractivity contribution >= 4 is 41.3 Å². The van der Waals surface area contributed by atoms with Crippen molar-refractivity contribution < 1.29 is 9.47 Å². The zero-order valence-electron chi connectivity index (χ0n) is 16.1. The quantitative estimate of drug-likeness (QED) is 0.244. The van der Waals surface area contributed by atoms with E-state index >= 15 is 0 Å². The first-order valence-electron chi connectivity index (χ1n) is 8.69. The van der Waals surface area contributed by atoms with Gasteiger partial charge >= 0.3 is 0 Å². The number of nitrogens with two attached hydrogens (primary N) is 1. The van der Waals surface area contributed by atoms with E-state index in [1.807, 2.05) is 24.3 Å². The van der Waals surface area contributed by atoms with Crippen molar-refractivity contribution in [3.63, 3.8) is 0 Å². The zero-order valence-corrected chi connectivity index (χ0v) is 18.5. The van der Waals surface area contributed by atoms with Crippen LogP contribution in [-0.4, -0.2) is 40.3 Å². The summed E-state index contributed by atoms with van der Waals surface area (Å²) in [5.74, 6) is 1.72. The van der Waals surface area contributed by atoms with Crippen molar-refractivity contribution in [1.29, 1.82) is 0 Å². The molecule has 2 aromatic carbocycles. The summed E-state index contributed by atoms with van der Waals surface area (Å²) >= 11 is 0. The summed E-state index contributed by atoms with van der Waals surface area (Å²) < 4.78 is 10.5. The molecule has 3 N–H and O–H groups in total. The van der Waals surface area contributed by atoms with Crippen molar-refractivity contribution in [2.45, 2.75) is 12.8 Å². The number of rotatable bonds is 9. The molecule has 0 fully saturated rings. The first-order chi connectivity index (χ1) is 12.6. The number of aliphatic imine (C=N–C) groups is 1. The second-order valence-corrected chi connectivity index (χ2v) is 5.93. The highest BCUT2D eigenvalue weighted by atomic mass is 127. The van der Waals surface area contributed by atoms with E-state index in [2.05, 4.69) is 46.5 Å². The lowest BCUT2D eigenvalue weighted by Crippen LogP contribution is -2.23. The Bertz CT molecular complexity index is 710. The minimum Gasteiger partial charge on any atom is -0.493 e. The van der Waals surface area contributed by atoms with Gasteiger partial charge < -0.3 is 25.4 Å². The highest BCUT2D eigenvalue weighted by Gasteiger charge is 2.05. The molecule has 7 heteroatoms. The summed E-state index contributed by atoms with van der Waals surface area (Å²) in [5.41, 5.74) is 8.00. The van der Waals surface area contributed by atoms with Crippen LogP contribution in [0.15, 0.2) is 53.5 Å². The van der Waals surface area contributed by atoms with E-state index in [1.54, 1.807) is 14.2 Å². The monoisotopic (exact) mass is 484 g/mol. The molecule has 2 rings (SSSR count). The topological polar surface area (TPSA) is 72.1 Å². The van der Waals surface area contributed by atoms with Gasteiger partial charge in [-0.25, -0.2) is 0 Å². The number of para-hydroxylation sites is 1. The normalized spacial score (nSPS) is 10.7. The fourth-order valence-corrected chi connectivity index (χ4v) is 2.57. The number of nitrogens with zero attached hydrogens (tertiary/aromatic N) is 2. The van der Waals surface area contributed by atoms with Gasteiger partial charge in [0.25, 0.3) is 0 Å². The average molecular weight is 484 g/mol. The Balaban J connectivity index is 0.00000364. The third-order valence-corrected chi connectivity index (χ3v) is 4.04. The van der Waals surface area contributed by atoms with Crippen LogP contribution >= 0.6 is 24.0 Å². The van der Waals surface area contributed by atoms with Crippen LogP contribution < -0.4 is 25.4 Å². The van der Waals surface area contributed by atoms with E-state index in [1.165, 1.54) is 5.69 Å². The lowest BCUT2D eigenvalue weighted by atomic mass is 10.2. The smallest absolute Gasteiger partial charge is 0.193 e. The Morgan fingerprint density at radius 2 is 1.74 bits per heavy atom. The summed E-state index contributed by atoms with van der Waals surface area (Å²) in [7, 11) is 5.31. The lowest BCUT2D eigenvalue weighted by molar-refractivity contribution is 0.355. The minimum absolute atomic E-state index is 0. The van der Waals surface area contributed by atoms with Gasteiger partial charge in [-0.1, -0.05) is 18.2 Å². The van der Waals surface area contributed by atoms with Crippen LogP contribution in [0, 0.1) is 0 Å². The molecule has 0 aromatic heterocycles. The number of halogens is 1. The Hall–Kier alpha value is -2.16. The fourth-order valence-electron chi connectivity index (χ4n) is 2.57. The molecule has 0 saturated heterocycles. The third-order valence-electron chi connectivity index (χ3n) is 4.04. The highest BCUT2D eigenvalue weighted by molar-refractivity contribution is 14.0. The molecule has 0 amide bonds. The molecule has 0 radical (unpaired) electrons. The Morgan fingerprint density at radius 1 is 1.04 bits per heavy atom. The van der Waals surface area contributed by atoms with E-state index in [0.29, 0.717) is 24.0 Å². The molecule has 6 nitrogen and oxygen atoms in total. The van der Waals surface area contributed by atoms with Crippen molar-refractivity contribution in [1.82, 2.24) is 0 Å². The fraction of sp³-hybridized carbons (Fsp3) is 0.350. The summed E-state index contributed by atoms with van der Waals surface area (Å²) in [6, 6.07) is 15.9. The van der Waals surface area contributed by atoms with Crippen LogP contribution in [0.4, 0.5) is 11.4 Å². The molecule has 148 valence electrons. The van der Waals surface area contributed by atoms with E-state index in [0.717, 1.165) is 25.1 Å². The molecule has 2 aromatic rings. The second kappa shape index (κ2) is 12.3. The minimum atomic E-state index is 0. The molecule has 0 unspecified atom stereocenters. The first kappa shape index (κ1) is 22.9. The number of nitrogens with one attached hydrogen (secondary N) is 1. The molecule has 0 aliphatic heterocycles. The van der Waals surface area contributed by atoms with E-state index in [4.69, 9.17) is 15.2 Å². The zero-order chi connectivity index (χ0) is 18.8. The largest absolute Gasteiger partial charge is 0.493 e. The Kier molecular flexibility index (Phi) is 10.4. The number of guanidine groups is 1. The Morgan fingerprint density at radius 3 is 2.41 bits per heavy atom. The van der Waals surface area contributed by atoms with Crippen molar-refractivity contribution in [2.24, 2.45) is 10.7 Å². The number of hydrogen-bond acceptors (Lipinski definition) is 4. The van der Waals surface area contributed by atoms with Gasteiger partial charge in [0.2, 0.25) is 0 Å². The second-order valence-electron chi connectivity index (χ2n) is 5.93. The van der Waals surface area contributed by atoms with Crippen LogP contribution in [0.25, 0.3) is 0 Å². The van der Waals surface area contributed by atoms with Crippen LogP contribution in [0.5, 0.6) is 11.5 Å². The number of methoxy groups -OCH3 is 2. The number of ether oxygens (including phenoxy) is 2. The molecule has 0 atom stereocenters. The summed E-state index contributed by atoms with van der Waals surface area (Å²) in [5, 5.41) is 3.08. The molecule has 0 heterocycles. The summed E-state index contributed by atoms with van der Waals surface area (Å²) in [4.78, 5) is 6.62. The van der Waals surface area contributed by atoms with Crippen molar-refractivity contribution in [3.8, 4) is 11.5 Å². The Labute approximate surface area is 178 Å². The SMILES string of the molecule is COc1ccc(NC(N)=NCCCCN(C)c2ccccc2)cc1OC.I. The maximum Gasteiger partial charge on any atom is 0.193 e. The number of hydrogen-bond donors (Lipinski definition) is 2. The van der Waals surface area contributed by atoms with Gasteiger partial charge in [0.05, 0.1) is 14.2 Å². The van der Waals surface area contributed by atoms with Gasteiger partial charge in [-0.3, -0.25) is 4.99 Å². The number of benzene rings is 2. The van der Waals surface area contributed by atoms with Gasteiger partial charge in [-0.15, -0.1) is 24.0 Å². The van der Waals surface area contributed by atoms with Crippen LogP contribution in [0.3, 0.4) is 0 Å². The summed E-state index contributed by atoms with van der Waals surface area (Å²) in [6.07, 6.45) is 2.03. The van der Waals surface area contributed by atoms with Crippen LogP contribution in [-0.2, 0) is 0 Å². The van der Waals surface area contributed by atoms with Gasteiger partial charge in [-0.2, -0.15) is 0 Å². The number of unbranched alkanes of at least 4 members (excludes halogenated alkanes) is 1. The highest BCUT2D eigenvalue weighted by Crippen LogP contribution is 2.29. The van der Waals surface area contributed by atoms with Gasteiger partial charge in [0.15, 0.2) is 17.5 Å². The van der Waals surface area contributed by atoms with E-state index in [-0.39, 0.29) is 24.0 Å². The van der Waals surface area contributed by atoms with Gasteiger partial charge in [0, 0.05) is 37.6 Å². The van der Waals surface area contributed by atoms with E-state index in [9.17, 15) is 0 Å². The van der Waals surface area contributed by atoms with Gasteiger partial charge in [-0.05, 0) is 37.1 Å². The standard InChI is InChI=1S/C20H28N4O2.HI/c1-24(17-9-5-4-6-10-17)14-8-7-13-22-20(21)23-16-11-12-18(25-2)19(15-16)26-3;/h4-6,9-12,15H,7-8,13-14H2,1-3H3,(H3,21,22,23);1H. The van der Waals surface area contributed by atoms with E-state index < -0.39 is 0 Å². The summed E-state index contributed by atoms with van der Waals surface area (Å²) in [6.45, 7) is 1.68. The molecule has 0 aliphatic carbocycles. The average Bonchev–Trinajstić information content (AvgIpc) is 2.68. The maximum atomic E-state index is 5.96. The molecule has 0 saturated carbocycles. The van der Waals surface area contributed by atoms with Gasteiger partial charge in [0.1, 0.15) is 0 Å². The molecular weight excluding hydrogens is 455 g/mol. The lowest BCUT2D eigenvalue weighted by Gasteiger charge is -2.18. The predicted molar refractivity (Wildman–Crippen MR) is 124 cm³/mol. The predicted octanol–water partition coefficient (Wildman–Crippen LogP) is 3.97. The van der Waals surface area contributed by atoms with Crippen molar-refractivity contribution in [2.75, 3.05) is 44.6 Å². The molecule has 27 heavy (non-hydrogen) atoms. The van der Waals surface area contributed by atoms with Crippen LogP contribution in [0.2, 0.25) is 0 Å². The van der Waals surface area contributed by atoms with Crippen LogP contribution in [0.1, 0.15) is 12.8 Å². The molecular formula is C20H29IN4O2. The maximum absolute atomic E-state index is 5.96. The molecule has 0 aliphatic rings. The number of anilines is 2.